The van der Waals surface area contributed by atoms with E-state index in [4.69, 9.17) is 21.2 Å². The lowest BCUT2D eigenvalue weighted by atomic mass is 10.0. The van der Waals surface area contributed by atoms with Gasteiger partial charge in [0.1, 0.15) is 6.61 Å². The van der Waals surface area contributed by atoms with Crippen LogP contribution in [0.1, 0.15) is 51.2 Å². The molecule has 3 rings (SSSR count). The number of benzene rings is 2. The second-order valence-electron chi connectivity index (χ2n) is 7.80. The molecule has 3 nitrogen and oxygen atoms in total. The van der Waals surface area contributed by atoms with Gasteiger partial charge >= 0.3 is 0 Å². The monoisotopic (exact) mass is 415 g/mol. The number of hydrogen-bond acceptors (Lipinski definition) is 3. The van der Waals surface area contributed by atoms with E-state index in [1.54, 1.807) is 6.07 Å². The third kappa shape index (κ3) is 6.33. The van der Waals surface area contributed by atoms with Crippen molar-refractivity contribution in [2.24, 2.45) is 11.1 Å². The SMILES string of the molecule is CC(C)=Cc1ccc(O[C@H]2CC[C@@H](/C(C)=N/OCc3cccc(Cl)c3)C2)c(F)c1. The van der Waals surface area contributed by atoms with E-state index >= 15 is 0 Å². The lowest BCUT2D eigenvalue weighted by Crippen LogP contribution is -2.15. The second kappa shape index (κ2) is 9.93. The molecule has 1 saturated carbocycles. The summed E-state index contributed by atoms with van der Waals surface area (Å²) >= 11 is 5.98. The summed E-state index contributed by atoms with van der Waals surface area (Å²) in [5.41, 5.74) is 3.90. The maximum Gasteiger partial charge on any atom is 0.165 e. The number of hydrogen-bond donors (Lipinski definition) is 0. The Balaban J connectivity index is 1.52. The van der Waals surface area contributed by atoms with Crippen LogP contribution in [-0.2, 0) is 11.4 Å². The molecule has 0 spiro atoms. The van der Waals surface area contributed by atoms with Gasteiger partial charge in [-0.1, -0.05) is 46.6 Å². The van der Waals surface area contributed by atoms with Crippen LogP contribution in [0.25, 0.3) is 6.08 Å². The molecule has 0 bridgehead atoms. The summed E-state index contributed by atoms with van der Waals surface area (Å²) in [6.07, 6.45) is 4.58. The fourth-order valence-electron chi connectivity index (χ4n) is 3.55. The van der Waals surface area contributed by atoms with Crippen LogP contribution < -0.4 is 4.74 Å². The van der Waals surface area contributed by atoms with Gasteiger partial charge in [0.25, 0.3) is 0 Å². The predicted octanol–water partition coefficient (Wildman–Crippen LogP) is 7.04. The van der Waals surface area contributed by atoms with Gasteiger partial charge in [0.05, 0.1) is 11.8 Å². The van der Waals surface area contributed by atoms with Gasteiger partial charge in [0.15, 0.2) is 11.6 Å². The van der Waals surface area contributed by atoms with E-state index in [2.05, 4.69) is 5.16 Å². The Morgan fingerprint density at radius 2 is 2.00 bits per heavy atom. The van der Waals surface area contributed by atoms with Crippen molar-refractivity contribution in [1.29, 1.82) is 0 Å². The summed E-state index contributed by atoms with van der Waals surface area (Å²) in [4.78, 5) is 5.49. The minimum absolute atomic E-state index is 0.0121. The number of halogens is 2. The highest BCUT2D eigenvalue weighted by Crippen LogP contribution is 2.31. The van der Waals surface area contributed by atoms with Gasteiger partial charge in [-0.2, -0.15) is 0 Å². The van der Waals surface area contributed by atoms with E-state index < -0.39 is 0 Å². The molecule has 2 atom stereocenters. The minimum Gasteiger partial charge on any atom is -0.487 e. The van der Waals surface area contributed by atoms with Crippen LogP contribution in [-0.4, -0.2) is 11.8 Å². The molecule has 2 aromatic carbocycles. The van der Waals surface area contributed by atoms with Gasteiger partial charge in [-0.25, -0.2) is 4.39 Å². The van der Waals surface area contributed by atoms with E-state index in [9.17, 15) is 4.39 Å². The number of nitrogens with zero attached hydrogens (tertiary/aromatic N) is 1. The van der Waals surface area contributed by atoms with Crippen LogP contribution in [0.4, 0.5) is 4.39 Å². The van der Waals surface area contributed by atoms with Crippen LogP contribution in [0, 0.1) is 11.7 Å². The van der Waals surface area contributed by atoms with Crippen molar-refractivity contribution in [3.63, 3.8) is 0 Å². The van der Waals surface area contributed by atoms with E-state index in [0.717, 1.165) is 41.7 Å². The van der Waals surface area contributed by atoms with Crippen LogP contribution in [0.2, 0.25) is 5.02 Å². The maximum atomic E-state index is 14.4. The first-order valence-electron chi connectivity index (χ1n) is 9.92. The fourth-order valence-corrected chi connectivity index (χ4v) is 3.76. The molecule has 1 fully saturated rings. The standard InChI is InChI=1S/C24H27ClFNO2/c1-16(2)11-18-7-10-24(23(26)13-18)29-22-9-8-20(14-22)17(3)27-28-15-19-5-4-6-21(25)12-19/h4-7,10-13,20,22H,8-9,14-15H2,1-3H3/b27-17+/t20-,22+/m1/s1. The van der Waals surface area contributed by atoms with Crippen LogP contribution in [0.5, 0.6) is 5.75 Å². The molecule has 2 aromatic rings. The highest BCUT2D eigenvalue weighted by atomic mass is 35.5. The average molecular weight is 416 g/mol. The van der Waals surface area contributed by atoms with Gasteiger partial charge in [-0.15, -0.1) is 0 Å². The van der Waals surface area contributed by atoms with E-state index in [0.29, 0.717) is 17.4 Å². The molecule has 0 saturated heterocycles. The van der Waals surface area contributed by atoms with Crippen molar-refractivity contribution >= 4 is 23.4 Å². The number of allylic oxidation sites excluding steroid dienone is 1. The van der Waals surface area contributed by atoms with Crippen LogP contribution in [0.3, 0.4) is 0 Å². The molecule has 0 amide bonds. The van der Waals surface area contributed by atoms with Crippen molar-refractivity contribution in [1.82, 2.24) is 0 Å². The molecule has 0 heterocycles. The van der Waals surface area contributed by atoms with Crippen molar-refractivity contribution < 1.29 is 14.0 Å². The van der Waals surface area contributed by atoms with E-state index in [-0.39, 0.29) is 17.8 Å². The molecule has 154 valence electrons. The van der Waals surface area contributed by atoms with Gasteiger partial charge in [-0.05, 0) is 75.4 Å². The first-order chi connectivity index (χ1) is 13.9. The third-order valence-corrected chi connectivity index (χ3v) is 5.24. The highest BCUT2D eigenvalue weighted by molar-refractivity contribution is 6.30. The number of ether oxygens (including phenoxy) is 1. The Hall–Kier alpha value is -2.33. The fraction of sp³-hybridized carbons (Fsp3) is 0.375. The van der Waals surface area contributed by atoms with Crippen molar-refractivity contribution in [3.8, 4) is 5.75 Å². The zero-order valence-corrected chi connectivity index (χ0v) is 17.9. The largest absolute Gasteiger partial charge is 0.487 e. The molecule has 29 heavy (non-hydrogen) atoms. The summed E-state index contributed by atoms with van der Waals surface area (Å²) in [5.74, 6) is 0.277. The predicted molar refractivity (Wildman–Crippen MR) is 117 cm³/mol. The van der Waals surface area contributed by atoms with Crippen molar-refractivity contribution in [3.05, 3.63) is 70.0 Å². The Labute approximate surface area is 177 Å². The lowest BCUT2D eigenvalue weighted by molar-refractivity contribution is 0.128. The molecule has 0 N–H and O–H groups in total. The minimum atomic E-state index is -0.321. The van der Waals surface area contributed by atoms with Crippen molar-refractivity contribution in [2.45, 2.75) is 52.7 Å². The molecular weight excluding hydrogens is 389 g/mol. The average Bonchev–Trinajstić information content (AvgIpc) is 3.12. The number of oxime groups is 1. The van der Waals surface area contributed by atoms with Crippen LogP contribution >= 0.6 is 11.6 Å². The lowest BCUT2D eigenvalue weighted by Gasteiger charge is -2.15. The molecule has 0 aliphatic heterocycles. The molecule has 5 heteroatoms. The topological polar surface area (TPSA) is 30.8 Å². The molecule has 1 aliphatic carbocycles. The zero-order chi connectivity index (χ0) is 20.8. The first-order valence-corrected chi connectivity index (χ1v) is 10.3. The molecule has 0 radical (unpaired) electrons. The summed E-state index contributed by atoms with van der Waals surface area (Å²) in [7, 11) is 0. The van der Waals surface area contributed by atoms with Gasteiger partial charge in [-0.3, -0.25) is 0 Å². The van der Waals surface area contributed by atoms with Crippen LogP contribution in [0.15, 0.2) is 53.2 Å². The summed E-state index contributed by atoms with van der Waals surface area (Å²) in [6.45, 7) is 6.33. The van der Waals surface area contributed by atoms with Crippen molar-refractivity contribution in [2.75, 3.05) is 0 Å². The second-order valence-corrected chi connectivity index (χ2v) is 8.23. The summed E-state index contributed by atoms with van der Waals surface area (Å²) < 4.78 is 20.3. The van der Waals surface area contributed by atoms with E-state index in [1.165, 1.54) is 6.07 Å². The third-order valence-electron chi connectivity index (χ3n) is 5.01. The molecule has 0 aromatic heterocycles. The van der Waals surface area contributed by atoms with Gasteiger partial charge in [0.2, 0.25) is 0 Å². The smallest absolute Gasteiger partial charge is 0.165 e. The zero-order valence-electron chi connectivity index (χ0n) is 17.1. The Morgan fingerprint density at radius 3 is 2.72 bits per heavy atom. The summed E-state index contributed by atoms with van der Waals surface area (Å²) in [6, 6.07) is 12.7. The molecule has 0 unspecified atom stereocenters. The highest BCUT2D eigenvalue weighted by Gasteiger charge is 2.29. The van der Waals surface area contributed by atoms with E-state index in [1.807, 2.05) is 57.2 Å². The Bertz CT molecular complexity index is 906. The maximum absolute atomic E-state index is 14.4. The van der Waals surface area contributed by atoms with Gasteiger partial charge in [0, 0.05) is 10.9 Å². The number of rotatable bonds is 7. The van der Waals surface area contributed by atoms with Gasteiger partial charge < -0.3 is 9.57 Å². The Morgan fingerprint density at radius 1 is 1.17 bits per heavy atom. The summed E-state index contributed by atoms with van der Waals surface area (Å²) in [5, 5.41) is 4.95. The quantitative estimate of drug-likeness (QED) is 0.358. The Kier molecular flexibility index (Phi) is 7.32. The molecule has 1 aliphatic rings. The normalized spacial score (nSPS) is 19.1. The first kappa shape index (κ1) is 21.4. The molecular formula is C24H27ClFNO2.